The highest BCUT2D eigenvalue weighted by atomic mass is 32.2. The second-order valence-corrected chi connectivity index (χ2v) is 3.46. The summed E-state index contributed by atoms with van der Waals surface area (Å²) in [6.45, 7) is 0.471. The van der Waals surface area contributed by atoms with Gasteiger partial charge in [0.15, 0.2) is 5.12 Å². The predicted molar refractivity (Wildman–Crippen MR) is 51.6 cm³/mol. The second kappa shape index (κ2) is 5.72. The number of carbonyl (C=O) groups is 1. The summed E-state index contributed by atoms with van der Waals surface area (Å²) in [4.78, 5) is 15.2. The van der Waals surface area contributed by atoms with Crippen molar-refractivity contribution in [2.75, 3.05) is 13.7 Å². The highest BCUT2D eigenvalue weighted by Crippen LogP contribution is 2.16. The summed E-state index contributed by atoms with van der Waals surface area (Å²) < 4.78 is 4.80. The summed E-state index contributed by atoms with van der Waals surface area (Å²) in [5, 5.41) is 0.823. The maximum atomic E-state index is 11.2. The van der Waals surface area contributed by atoms with E-state index in [1.165, 1.54) is 0 Å². The van der Waals surface area contributed by atoms with E-state index in [1.54, 1.807) is 13.3 Å². The van der Waals surface area contributed by atoms with Gasteiger partial charge in [-0.1, -0.05) is 6.07 Å². The molecule has 0 aromatic carbocycles. The maximum absolute atomic E-state index is 11.2. The second-order valence-electron chi connectivity index (χ2n) is 2.38. The molecular weight excluding hydrogens is 186 g/mol. The zero-order valence-corrected chi connectivity index (χ0v) is 8.21. The fourth-order valence-electron chi connectivity index (χ4n) is 0.761. The number of thioether (sulfide) groups is 1. The Bertz CT molecular complexity index is 264. The van der Waals surface area contributed by atoms with Gasteiger partial charge in [-0.25, -0.2) is 4.98 Å². The zero-order chi connectivity index (χ0) is 9.52. The zero-order valence-electron chi connectivity index (χ0n) is 7.40. The van der Waals surface area contributed by atoms with Crippen LogP contribution >= 0.6 is 11.8 Å². The number of nitrogens with zero attached hydrogens (tertiary/aromatic N) is 1. The topological polar surface area (TPSA) is 39.2 Å². The first-order chi connectivity index (χ1) is 6.33. The minimum Gasteiger partial charge on any atom is -0.384 e. The molecule has 0 saturated heterocycles. The van der Waals surface area contributed by atoms with Gasteiger partial charge in [0.2, 0.25) is 0 Å². The molecule has 1 heterocycles. The van der Waals surface area contributed by atoms with Gasteiger partial charge < -0.3 is 4.74 Å². The molecule has 1 rings (SSSR count). The van der Waals surface area contributed by atoms with Gasteiger partial charge in [0, 0.05) is 19.7 Å². The molecule has 0 atom stereocenters. The molecule has 0 saturated carbocycles. The van der Waals surface area contributed by atoms with Crippen LogP contribution in [0.5, 0.6) is 0 Å². The van der Waals surface area contributed by atoms with Crippen molar-refractivity contribution in [3.05, 3.63) is 24.4 Å². The quantitative estimate of drug-likeness (QED) is 0.689. The normalized spacial score (nSPS) is 9.92. The third-order valence-electron chi connectivity index (χ3n) is 1.37. The van der Waals surface area contributed by atoms with E-state index in [-0.39, 0.29) is 5.12 Å². The van der Waals surface area contributed by atoms with E-state index in [0.717, 1.165) is 16.8 Å². The molecule has 0 amide bonds. The first-order valence-electron chi connectivity index (χ1n) is 3.93. The van der Waals surface area contributed by atoms with Crippen molar-refractivity contribution in [2.45, 2.75) is 11.4 Å². The van der Waals surface area contributed by atoms with E-state index in [1.807, 2.05) is 18.2 Å². The number of rotatable bonds is 4. The summed E-state index contributed by atoms with van der Waals surface area (Å²) in [6, 6.07) is 5.50. The van der Waals surface area contributed by atoms with Crippen molar-refractivity contribution in [3.8, 4) is 0 Å². The van der Waals surface area contributed by atoms with E-state index >= 15 is 0 Å². The van der Waals surface area contributed by atoms with E-state index in [0.29, 0.717) is 13.0 Å². The maximum Gasteiger partial charge on any atom is 0.197 e. The number of ether oxygens (including phenoxy) is 1. The van der Waals surface area contributed by atoms with Gasteiger partial charge in [0.1, 0.15) is 5.03 Å². The lowest BCUT2D eigenvalue weighted by atomic mass is 10.5. The molecule has 13 heavy (non-hydrogen) atoms. The third kappa shape index (κ3) is 4.05. The van der Waals surface area contributed by atoms with E-state index < -0.39 is 0 Å². The molecule has 1 aromatic rings. The van der Waals surface area contributed by atoms with Crippen LogP contribution in [0.25, 0.3) is 0 Å². The first-order valence-corrected chi connectivity index (χ1v) is 4.75. The minimum absolute atomic E-state index is 0.0838. The molecule has 0 spiro atoms. The van der Waals surface area contributed by atoms with E-state index in [4.69, 9.17) is 4.74 Å². The lowest BCUT2D eigenvalue weighted by Crippen LogP contribution is -1.98. The molecule has 0 aliphatic rings. The van der Waals surface area contributed by atoms with Crippen LogP contribution in [0.15, 0.2) is 29.4 Å². The molecule has 0 N–H and O–H groups in total. The smallest absolute Gasteiger partial charge is 0.197 e. The largest absolute Gasteiger partial charge is 0.384 e. The molecular formula is C9H11NO2S. The van der Waals surface area contributed by atoms with Crippen molar-refractivity contribution in [1.29, 1.82) is 0 Å². The SMILES string of the molecule is COCCC(=O)Sc1ccccn1. The number of carbonyl (C=O) groups excluding carboxylic acids is 1. The average Bonchev–Trinajstić information content (AvgIpc) is 2.16. The molecule has 3 nitrogen and oxygen atoms in total. The number of aromatic nitrogens is 1. The molecule has 0 bridgehead atoms. The van der Waals surface area contributed by atoms with E-state index in [9.17, 15) is 4.79 Å². The fraction of sp³-hybridized carbons (Fsp3) is 0.333. The Morgan fingerprint density at radius 1 is 1.62 bits per heavy atom. The lowest BCUT2D eigenvalue weighted by molar-refractivity contribution is -0.111. The Morgan fingerprint density at radius 3 is 3.08 bits per heavy atom. The molecule has 4 heteroatoms. The molecule has 70 valence electrons. The van der Waals surface area contributed by atoms with Gasteiger partial charge in [0.25, 0.3) is 0 Å². The van der Waals surface area contributed by atoms with Crippen LogP contribution in [-0.2, 0) is 9.53 Å². The van der Waals surface area contributed by atoms with Gasteiger partial charge in [-0.15, -0.1) is 0 Å². The highest BCUT2D eigenvalue weighted by Gasteiger charge is 2.04. The number of hydrogen-bond donors (Lipinski definition) is 0. The molecule has 0 aliphatic heterocycles. The van der Waals surface area contributed by atoms with Crippen LogP contribution in [0.3, 0.4) is 0 Å². The monoisotopic (exact) mass is 197 g/mol. The van der Waals surface area contributed by atoms with Crippen LogP contribution in [0, 0.1) is 0 Å². The number of pyridine rings is 1. The molecule has 1 aromatic heterocycles. The van der Waals surface area contributed by atoms with Crippen molar-refractivity contribution in [3.63, 3.8) is 0 Å². The fourth-order valence-corrected chi connectivity index (χ4v) is 1.44. The van der Waals surface area contributed by atoms with Crippen molar-refractivity contribution < 1.29 is 9.53 Å². The van der Waals surface area contributed by atoms with Gasteiger partial charge in [0.05, 0.1) is 6.61 Å². The summed E-state index contributed by atoms with van der Waals surface area (Å²) in [5.74, 6) is 0. The van der Waals surface area contributed by atoms with Crippen LogP contribution in [-0.4, -0.2) is 23.8 Å². The predicted octanol–water partition coefficient (Wildman–Crippen LogP) is 1.74. The van der Waals surface area contributed by atoms with Crippen LogP contribution in [0.2, 0.25) is 0 Å². The van der Waals surface area contributed by atoms with Crippen molar-refractivity contribution in [1.82, 2.24) is 4.98 Å². The Balaban J connectivity index is 2.37. The lowest BCUT2D eigenvalue weighted by Gasteiger charge is -1.98. The van der Waals surface area contributed by atoms with Gasteiger partial charge in [-0.05, 0) is 23.9 Å². The summed E-state index contributed by atoms with van der Waals surface area (Å²) >= 11 is 1.15. The summed E-state index contributed by atoms with van der Waals surface area (Å²) in [7, 11) is 1.58. The molecule has 0 fully saturated rings. The highest BCUT2D eigenvalue weighted by molar-refractivity contribution is 8.13. The van der Waals surface area contributed by atoms with E-state index in [2.05, 4.69) is 4.98 Å². The van der Waals surface area contributed by atoms with Gasteiger partial charge >= 0.3 is 0 Å². The third-order valence-corrected chi connectivity index (χ3v) is 2.25. The van der Waals surface area contributed by atoms with Gasteiger partial charge in [-0.2, -0.15) is 0 Å². The molecule has 0 aliphatic carbocycles. The van der Waals surface area contributed by atoms with Crippen LogP contribution in [0.1, 0.15) is 6.42 Å². The summed E-state index contributed by atoms with van der Waals surface area (Å²) in [5.41, 5.74) is 0. The summed E-state index contributed by atoms with van der Waals surface area (Å²) in [6.07, 6.45) is 2.10. The van der Waals surface area contributed by atoms with Crippen molar-refractivity contribution >= 4 is 16.9 Å². The molecule has 0 unspecified atom stereocenters. The number of methoxy groups -OCH3 is 1. The Morgan fingerprint density at radius 2 is 2.46 bits per heavy atom. The Hall–Kier alpha value is -0.870. The standard InChI is InChI=1S/C9H11NO2S/c1-12-7-5-9(11)13-8-4-2-3-6-10-8/h2-4,6H,5,7H2,1H3. The average molecular weight is 197 g/mol. The first kappa shape index (κ1) is 10.2. The van der Waals surface area contributed by atoms with Crippen LogP contribution < -0.4 is 0 Å². The van der Waals surface area contributed by atoms with Crippen molar-refractivity contribution in [2.24, 2.45) is 0 Å². The Labute approximate surface area is 81.5 Å². The Kier molecular flexibility index (Phi) is 4.49. The number of hydrogen-bond acceptors (Lipinski definition) is 4. The van der Waals surface area contributed by atoms with Gasteiger partial charge in [-0.3, -0.25) is 4.79 Å². The van der Waals surface area contributed by atoms with Crippen LogP contribution in [0.4, 0.5) is 0 Å². The molecule has 0 radical (unpaired) electrons. The minimum atomic E-state index is 0.0838.